The van der Waals surface area contributed by atoms with Crippen LogP contribution in [0.4, 0.5) is 0 Å². The van der Waals surface area contributed by atoms with Crippen LogP contribution in [0.15, 0.2) is 60.1 Å². The van der Waals surface area contributed by atoms with Gasteiger partial charge < -0.3 is 10.2 Å². The zero-order valence-electron chi connectivity index (χ0n) is 17.4. The first-order chi connectivity index (χ1) is 12.3. The third kappa shape index (κ3) is 9.92. The fraction of sp³-hybridized carbons (Fsp3) is 0.364. The van der Waals surface area contributed by atoms with Crippen molar-refractivity contribution in [2.45, 2.75) is 34.1 Å². The second-order valence-electron chi connectivity index (χ2n) is 6.87. The molecular formula is C22H33N4Y-. The number of hydrogen-bond donors (Lipinski definition) is 2. The molecule has 0 heterocycles. The van der Waals surface area contributed by atoms with E-state index in [1.165, 1.54) is 16.7 Å². The predicted molar refractivity (Wildman–Crippen MR) is 114 cm³/mol. The number of nitrogens with one attached hydrogen (secondary N) is 2. The SMILES string of the molecule is C=CN/N=C\C(C)=C(/C)c1ccc(C[CH-]NC(=C)N(C)CC(C)C)cc1.[Y]. The van der Waals surface area contributed by atoms with E-state index in [4.69, 9.17) is 0 Å². The van der Waals surface area contributed by atoms with Crippen molar-refractivity contribution >= 4 is 11.8 Å². The Morgan fingerprint density at radius 2 is 1.89 bits per heavy atom. The number of nitrogens with zero attached hydrogens (tertiary/aromatic N) is 2. The van der Waals surface area contributed by atoms with Crippen LogP contribution in [-0.4, -0.2) is 24.7 Å². The standard InChI is InChI=1S/C22H33N4.Y/c1-8-24-25-15-18(4)19(5)22-11-9-21(10-12-22)13-14-23-20(6)26(7)16-17(2)3;/h8-12,14-15,17,23-24H,1,6,13,16H2,2-5,7H3;/q-1;/b19-18+,25-15-;. The van der Waals surface area contributed by atoms with E-state index in [9.17, 15) is 0 Å². The molecule has 0 atom stereocenters. The van der Waals surface area contributed by atoms with Gasteiger partial charge in [-0.1, -0.05) is 56.8 Å². The van der Waals surface area contributed by atoms with Crippen molar-refractivity contribution in [3.63, 3.8) is 0 Å². The predicted octanol–water partition coefficient (Wildman–Crippen LogP) is 4.55. The molecule has 1 rings (SSSR count). The van der Waals surface area contributed by atoms with E-state index in [0.717, 1.165) is 24.4 Å². The molecule has 1 aromatic carbocycles. The maximum atomic E-state index is 4.08. The van der Waals surface area contributed by atoms with Crippen LogP contribution < -0.4 is 10.7 Å². The number of benzene rings is 1. The molecule has 0 aliphatic heterocycles. The van der Waals surface area contributed by atoms with Gasteiger partial charge in [0.2, 0.25) is 0 Å². The van der Waals surface area contributed by atoms with Gasteiger partial charge in [0.05, 0.1) is 12.0 Å². The van der Waals surface area contributed by atoms with Gasteiger partial charge in [-0.25, -0.2) is 6.54 Å². The van der Waals surface area contributed by atoms with Crippen LogP contribution in [-0.2, 0) is 39.1 Å². The smallest absolute Gasteiger partial charge is 0.0639 e. The molecule has 27 heavy (non-hydrogen) atoms. The van der Waals surface area contributed by atoms with Crippen LogP contribution in [0.3, 0.4) is 0 Å². The first kappa shape index (κ1) is 25.6. The summed E-state index contributed by atoms with van der Waals surface area (Å²) in [6, 6.07) is 8.61. The van der Waals surface area contributed by atoms with Crippen molar-refractivity contribution < 1.29 is 32.7 Å². The Balaban J connectivity index is 0.00000676. The average molecular weight is 442 g/mol. The molecule has 4 nitrogen and oxygen atoms in total. The molecular weight excluding hydrogens is 409 g/mol. The van der Waals surface area contributed by atoms with Gasteiger partial charge in [-0.2, -0.15) is 5.10 Å². The molecule has 145 valence electrons. The maximum Gasteiger partial charge on any atom is 0.0639 e. The zero-order valence-corrected chi connectivity index (χ0v) is 20.3. The monoisotopic (exact) mass is 442 g/mol. The summed E-state index contributed by atoms with van der Waals surface area (Å²) in [5.74, 6) is 1.54. The van der Waals surface area contributed by atoms with E-state index < -0.39 is 0 Å². The molecule has 2 N–H and O–H groups in total. The van der Waals surface area contributed by atoms with Gasteiger partial charge in [-0.05, 0) is 36.5 Å². The minimum Gasteiger partial charge on any atom is -0.522 e. The molecule has 0 saturated heterocycles. The Morgan fingerprint density at radius 1 is 1.26 bits per heavy atom. The third-order valence-electron chi connectivity index (χ3n) is 4.11. The fourth-order valence-electron chi connectivity index (χ4n) is 2.46. The first-order valence-corrected chi connectivity index (χ1v) is 8.99. The van der Waals surface area contributed by atoms with Gasteiger partial charge in [0.25, 0.3) is 0 Å². The summed E-state index contributed by atoms with van der Waals surface area (Å²) in [4.78, 5) is 2.14. The largest absolute Gasteiger partial charge is 0.522 e. The Morgan fingerprint density at radius 3 is 2.44 bits per heavy atom. The van der Waals surface area contributed by atoms with E-state index >= 15 is 0 Å². The Kier molecular flexibility index (Phi) is 13.0. The second kappa shape index (κ2) is 13.7. The van der Waals surface area contributed by atoms with Gasteiger partial charge in [0.1, 0.15) is 0 Å². The fourth-order valence-corrected chi connectivity index (χ4v) is 2.46. The third-order valence-corrected chi connectivity index (χ3v) is 4.11. The van der Waals surface area contributed by atoms with E-state index in [1.807, 2.05) is 6.21 Å². The summed E-state index contributed by atoms with van der Waals surface area (Å²) < 4.78 is 0. The second-order valence-corrected chi connectivity index (χ2v) is 6.87. The molecule has 0 saturated carbocycles. The van der Waals surface area contributed by atoms with Gasteiger partial charge in [-0.15, -0.1) is 6.42 Å². The molecule has 0 spiro atoms. The van der Waals surface area contributed by atoms with Crippen molar-refractivity contribution in [3.05, 3.63) is 72.7 Å². The number of hydrogen-bond acceptors (Lipinski definition) is 4. The summed E-state index contributed by atoms with van der Waals surface area (Å²) in [6.07, 6.45) is 4.21. The van der Waals surface area contributed by atoms with Crippen molar-refractivity contribution in [1.82, 2.24) is 15.6 Å². The molecule has 0 unspecified atom stereocenters. The Labute approximate surface area is 190 Å². The number of allylic oxidation sites excluding steroid dienone is 2. The average Bonchev–Trinajstić information content (AvgIpc) is 2.61. The molecule has 0 aliphatic rings. The first-order valence-electron chi connectivity index (χ1n) is 8.99. The summed E-state index contributed by atoms with van der Waals surface area (Å²) >= 11 is 0. The maximum absolute atomic E-state index is 4.08. The van der Waals surface area contributed by atoms with E-state index in [2.05, 4.69) is 99.5 Å². The molecule has 1 radical (unpaired) electrons. The van der Waals surface area contributed by atoms with Crippen LogP contribution in [0.1, 0.15) is 38.8 Å². The van der Waals surface area contributed by atoms with Crippen LogP contribution >= 0.6 is 0 Å². The van der Waals surface area contributed by atoms with Crippen molar-refractivity contribution in [3.8, 4) is 0 Å². The molecule has 0 fully saturated rings. The normalized spacial score (nSPS) is 11.6. The number of rotatable bonds is 11. The van der Waals surface area contributed by atoms with Crippen molar-refractivity contribution in [1.29, 1.82) is 0 Å². The molecule has 0 bridgehead atoms. The molecule has 5 heteroatoms. The van der Waals surface area contributed by atoms with Gasteiger partial charge in [0.15, 0.2) is 0 Å². The zero-order chi connectivity index (χ0) is 19.5. The summed E-state index contributed by atoms with van der Waals surface area (Å²) in [6.45, 7) is 19.3. The Hall–Kier alpha value is -1.39. The molecule has 0 amide bonds. The van der Waals surface area contributed by atoms with Gasteiger partial charge in [0, 0.05) is 52.5 Å². The summed E-state index contributed by atoms with van der Waals surface area (Å²) in [5.41, 5.74) is 7.50. The number of hydrazone groups is 1. The van der Waals surface area contributed by atoms with Gasteiger partial charge in [-0.3, -0.25) is 5.43 Å². The van der Waals surface area contributed by atoms with Crippen LogP contribution in [0.5, 0.6) is 0 Å². The minimum atomic E-state index is 0. The summed E-state index contributed by atoms with van der Waals surface area (Å²) in [5, 5.41) is 7.35. The van der Waals surface area contributed by atoms with Crippen molar-refractivity contribution in [2.24, 2.45) is 11.0 Å². The van der Waals surface area contributed by atoms with E-state index in [-0.39, 0.29) is 32.7 Å². The Bertz CT molecular complexity index is 645. The molecule has 1 aromatic rings. The molecule has 0 aromatic heterocycles. The van der Waals surface area contributed by atoms with Crippen LogP contribution in [0.2, 0.25) is 0 Å². The van der Waals surface area contributed by atoms with Gasteiger partial charge >= 0.3 is 0 Å². The molecule has 0 aliphatic carbocycles. The van der Waals surface area contributed by atoms with Crippen LogP contribution in [0.25, 0.3) is 5.57 Å². The van der Waals surface area contributed by atoms with Crippen LogP contribution in [0, 0.1) is 12.5 Å². The summed E-state index contributed by atoms with van der Waals surface area (Å²) in [7, 11) is 2.06. The topological polar surface area (TPSA) is 39.7 Å². The van der Waals surface area contributed by atoms with E-state index in [0.29, 0.717) is 5.92 Å². The van der Waals surface area contributed by atoms with E-state index in [1.54, 1.807) is 6.20 Å². The minimum absolute atomic E-state index is 0. The quantitative estimate of drug-likeness (QED) is 0.300. The van der Waals surface area contributed by atoms with Crippen molar-refractivity contribution in [2.75, 3.05) is 13.6 Å².